The molecule has 1 saturated carbocycles. The lowest BCUT2D eigenvalue weighted by Gasteiger charge is -2.48. The highest BCUT2D eigenvalue weighted by atomic mass is 19.1. The Balaban J connectivity index is 0.668. The van der Waals surface area contributed by atoms with E-state index < -0.39 is 41.5 Å². The number of β-amino-alcohol motifs (C(OH)–C–C–N with tert-alkyl or cyclic N) is 1. The van der Waals surface area contributed by atoms with Gasteiger partial charge in [-0.2, -0.15) is 0 Å². The minimum atomic E-state index is -0.873. The molecule has 21 heteroatoms. The number of piperazine rings is 2. The van der Waals surface area contributed by atoms with Crippen molar-refractivity contribution in [2.24, 2.45) is 11.3 Å². The normalized spacial score (nSPS) is 24.6. The Labute approximate surface area is 489 Å². The van der Waals surface area contributed by atoms with E-state index in [4.69, 9.17) is 0 Å². The van der Waals surface area contributed by atoms with Gasteiger partial charge in [0.2, 0.25) is 23.6 Å². The minimum Gasteiger partial charge on any atom is -0.377 e. The van der Waals surface area contributed by atoms with E-state index in [1.165, 1.54) is 17.7 Å². The summed E-state index contributed by atoms with van der Waals surface area (Å²) in [5, 5.41) is 31.1. The van der Waals surface area contributed by atoms with Crippen molar-refractivity contribution in [1.82, 2.24) is 56.2 Å². The van der Waals surface area contributed by atoms with Crippen molar-refractivity contribution in [3.8, 4) is 0 Å². The number of nitrogens with zero attached hydrogens (tertiary/aromatic N) is 8. The summed E-state index contributed by atoms with van der Waals surface area (Å²) in [5.41, 5.74) is 2.53. The van der Waals surface area contributed by atoms with Crippen LogP contribution >= 0.6 is 0 Å². The Hall–Kier alpha value is -5.58. The summed E-state index contributed by atoms with van der Waals surface area (Å²) in [6, 6.07) is 10.3. The molecule has 4 amide bonds. The van der Waals surface area contributed by atoms with Gasteiger partial charge >= 0.3 is 0 Å². The number of fused-ring (bicyclic) bond motifs is 1. The number of rotatable bonds is 20. The number of halogens is 2. The second kappa shape index (κ2) is 27.2. The fourth-order valence-electron chi connectivity index (χ4n) is 14.0. The number of aryl methyl sites for hydroxylation is 1. The second-order valence-electron chi connectivity index (χ2n) is 25.9. The van der Waals surface area contributed by atoms with Crippen LogP contribution in [-0.4, -0.2) is 193 Å². The summed E-state index contributed by atoms with van der Waals surface area (Å²) in [5.74, 6) is -0.307. The number of anilines is 3. The van der Waals surface area contributed by atoms with Gasteiger partial charge in [-0.1, -0.05) is 57.4 Å². The number of hydrogen-bond acceptors (Lipinski definition) is 15. The molecule has 7 N–H and O–H groups in total. The third-order valence-electron chi connectivity index (χ3n) is 19.4. The van der Waals surface area contributed by atoms with Crippen LogP contribution in [-0.2, 0) is 32.1 Å². The fraction of sp³-hybridized carbons (Fsp3) is 0.677. The van der Waals surface area contributed by atoms with Crippen LogP contribution < -0.4 is 41.7 Å². The summed E-state index contributed by atoms with van der Waals surface area (Å²) < 4.78 is 31.4. The van der Waals surface area contributed by atoms with E-state index in [0.717, 1.165) is 140 Å². The molecule has 10 rings (SSSR count). The van der Waals surface area contributed by atoms with Gasteiger partial charge in [-0.15, -0.1) is 0 Å². The van der Waals surface area contributed by atoms with Crippen molar-refractivity contribution in [1.29, 1.82) is 0 Å². The topological polar surface area (TPSA) is 206 Å². The Morgan fingerprint density at radius 1 is 0.855 bits per heavy atom. The molecule has 5 saturated heterocycles. The monoisotopic (exact) mass is 1150 g/mol. The van der Waals surface area contributed by atoms with Crippen LogP contribution in [0.15, 0.2) is 48.8 Å². The SMILES string of the molecule is CN[C@@H](C)C(=O)N[C@H](C(=O)N1CC(NC(O)CN2CCN(CCCNc3cc(N4CCC5(CC4)CN(c4cc(F)c(CN6CCC(C)(C)CC6)cc4F)CC(=O)N5)ncn3)CC2)C[C@H]1C(=O)N[C@H]1CCCc2ccccc21)C1CCCCC1. The molecule has 6 atom stereocenters. The second-order valence-corrected chi connectivity index (χ2v) is 25.9. The van der Waals surface area contributed by atoms with Gasteiger partial charge in [-0.05, 0) is 133 Å². The number of benzene rings is 2. The predicted molar refractivity (Wildman–Crippen MR) is 318 cm³/mol. The zero-order chi connectivity index (χ0) is 58.3. The van der Waals surface area contributed by atoms with Crippen LogP contribution in [0.1, 0.15) is 127 Å². The molecule has 3 aromatic rings. The maximum absolute atomic E-state index is 15.8. The molecule has 2 aliphatic carbocycles. The van der Waals surface area contributed by atoms with E-state index in [1.54, 1.807) is 30.1 Å². The number of aromatic nitrogens is 2. The maximum Gasteiger partial charge on any atom is 0.246 e. The van der Waals surface area contributed by atoms with Gasteiger partial charge in [0.1, 0.15) is 47.9 Å². The Kier molecular flexibility index (Phi) is 19.8. The van der Waals surface area contributed by atoms with Crippen LogP contribution in [0.3, 0.4) is 0 Å². The van der Waals surface area contributed by atoms with Crippen molar-refractivity contribution >= 4 is 41.0 Å². The minimum absolute atomic E-state index is 0.0214. The number of likely N-dealkylation sites (N-methyl/N-ethyl adjacent to an activating group) is 1. The van der Waals surface area contributed by atoms with E-state index in [1.807, 2.05) is 18.2 Å². The van der Waals surface area contributed by atoms with Crippen LogP contribution in [0, 0.1) is 23.0 Å². The molecule has 6 heterocycles. The molecule has 454 valence electrons. The highest BCUT2D eigenvalue weighted by molar-refractivity contribution is 5.94. The number of aliphatic hydroxyl groups is 1. The van der Waals surface area contributed by atoms with Gasteiger partial charge in [0.15, 0.2) is 0 Å². The van der Waals surface area contributed by atoms with Crippen LogP contribution in [0.4, 0.5) is 26.1 Å². The summed E-state index contributed by atoms with van der Waals surface area (Å²) in [4.78, 5) is 77.3. The van der Waals surface area contributed by atoms with Gasteiger partial charge in [0.05, 0.1) is 29.9 Å². The van der Waals surface area contributed by atoms with Crippen LogP contribution in [0.25, 0.3) is 0 Å². The predicted octanol–water partition coefficient (Wildman–Crippen LogP) is 4.52. The van der Waals surface area contributed by atoms with Crippen LogP contribution in [0.2, 0.25) is 0 Å². The number of carbonyl (C=O) groups is 4. The highest BCUT2D eigenvalue weighted by Crippen LogP contribution is 2.36. The van der Waals surface area contributed by atoms with E-state index in [-0.39, 0.29) is 65.8 Å². The number of carbonyl (C=O) groups excluding carboxylic acids is 4. The van der Waals surface area contributed by atoms with Gasteiger partial charge in [0.25, 0.3) is 0 Å². The number of nitrogens with one attached hydrogen (secondary N) is 6. The summed E-state index contributed by atoms with van der Waals surface area (Å²) in [6.45, 7) is 15.5. The van der Waals surface area contributed by atoms with E-state index >= 15 is 8.78 Å². The van der Waals surface area contributed by atoms with E-state index in [2.05, 4.69) is 87.4 Å². The number of piperidine rings is 2. The molecular weight excluding hydrogens is 1060 g/mol. The fourth-order valence-corrected chi connectivity index (χ4v) is 14.0. The van der Waals surface area contributed by atoms with Gasteiger partial charge in [-0.25, -0.2) is 18.7 Å². The lowest BCUT2D eigenvalue weighted by Crippen LogP contribution is -2.66. The largest absolute Gasteiger partial charge is 0.377 e. The lowest BCUT2D eigenvalue weighted by molar-refractivity contribution is -0.143. The first kappa shape index (κ1) is 60.5. The molecule has 6 fully saturated rings. The average Bonchev–Trinajstić information content (AvgIpc) is 3.96. The summed E-state index contributed by atoms with van der Waals surface area (Å²) in [6.07, 6.45) is 12.7. The molecule has 1 spiro atoms. The number of likely N-dealkylation sites (tertiary alicyclic amines) is 2. The van der Waals surface area contributed by atoms with Crippen molar-refractivity contribution in [2.45, 2.75) is 159 Å². The maximum atomic E-state index is 15.8. The number of hydrogen-bond donors (Lipinski definition) is 7. The van der Waals surface area contributed by atoms with Crippen molar-refractivity contribution < 1.29 is 33.1 Å². The molecule has 2 aromatic carbocycles. The first-order valence-electron chi connectivity index (χ1n) is 31.1. The summed E-state index contributed by atoms with van der Waals surface area (Å²) in [7, 11) is 1.73. The van der Waals surface area contributed by atoms with Gasteiger partial charge < -0.3 is 51.3 Å². The Morgan fingerprint density at radius 2 is 1.60 bits per heavy atom. The zero-order valence-corrected chi connectivity index (χ0v) is 49.6. The molecule has 5 aliphatic heterocycles. The smallest absolute Gasteiger partial charge is 0.246 e. The molecule has 0 bridgehead atoms. The standard InChI is InChI=1S/C62H92F2N14O5/c1-42(65-4)58(81)71-57(44-13-6-5-7-14-44)60(83)78-37-46(33-52(78)59(82)70-50-17-10-15-43-12-8-9-16-47(43)50)69-55(79)38-75-30-28-73(29-31-75)23-11-22-66-53-35-54(68-41-67-53)76-26-20-62(21-27-76)40-77(39-56(80)72-62)51-34-48(63)45(32-49(51)64)36-74-24-18-61(2,3)19-25-74/h8-9,12,16,32,34-35,41-42,44,46,50,52,55,57,65,69,79H,5-7,10-11,13-15,17-31,33,36-40H2,1-4H3,(H,70,82)(H,71,81)(H,72,80)(H,66,67,68)/t42-,46?,50-,52-,55?,57-/m0/s1. The first-order valence-corrected chi connectivity index (χ1v) is 31.1. The zero-order valence-electron chi connectivity index (χ0n) is 49.6. The third kappa shape index (κ3) is 15.3. The van der Waals surface area contributed by atoms with E-state index in [9.17, 15) is 24.3 Å². The van der Waals surface area contributed by atoms with Crippen molar-refractivity contribution in [3.05, 3.63) is 77.1 Å². The summed E-state index contributed by atoms with van der Waals surface area (Å²) >= 11 is 0. The highest BCUT2D eigenvalue weighted by Gasteiger charge is 2.46. The first-order chi connectivity index (χ1) is 40.0. The third-order valence-corrected chi connectivity index (χ3v) is 19.4. The van der Waals surface area contributed by atoms with Crippen molar-refractivity contribution in [2.75, 3.05) is 114 Å². The molecule has 1 aromatic heterocycles. The Morgan fingerprint density at radius 3 is 2.36 bits per heavy atom. The number of amides is 4. The molecule has 19 nitrogen and oxygen atoms in total. The number of aliphatic hydroxyl groups excluding tert-OH is 1. The molecule has 0 radical (unpaired) electrons. The van der Waals surface area contributed by atoms with E-state index in [0.29, 0.717) is 57.5 Å². The molecule has 2 unspecified atom stereocenters. The molecule has 83 heavy (non-hydrogen) atoms. The van der Waals surface area contributed by atoms with Gasteiger partial charge in [0, 0.05) is 95.7 Å². The molecular formula is C62H92F2N14O5. The van der Waals surface area contributed by atoms with Gasteiger partial charge in [-0.3, -0.25) is 34.3 Å². The quantitative estimate of drug-likeness (QED) is 0.0614. The van der Waals surface area contributed by atoms with Crippen LogP contribution in [0.5, 0.6) is 0 Å². The Bertz CT molecular complexity index is 2710. The van der Waals surface area contributed by atoms with Crippen molar-refractivity contribution in [3.63, 3.8) is 0 Å². The lowest BCUT2D eigenvalue weighted by atomic mass is 9.82. The average molecular weight is 1150 g/mol. The molecule has 7 aliphatic rings.